The van der Waals surface area contributed by atoms with E-state index in [1.165, 1.54) is 27.4 Å². The molecule has 1 aliphatic heterocycles. The second kappa shape index (κ2) is 11.9. The van der Waals surface area contributed by atoms with Crippen LogP contribution in [0.2, 0.25) is 0 Å². The number of allylic oxidation sites excluding steroid dienone is 1. The van der Waals surface area contributed by atoms with Gasteiger partial charge in [0.25, 0.3) is 0 Å². The molecule has 0 aliphatic carbocycles. The van der Waals surface area contributed by atoms with Crippen LogP contribution in [0.3, 0.4) is 0 Å². The predicted molar refractivity (Wildman–Crippen MR) is 162 cm³/mol. The number of methoxy groups -OCH3 is 3. The zero-order chi connectivity index (χ0) is 30.8. The normalized spacial score (nSPS) is 13.0. The van der Waals surface area contributed by atoms with E-state index in [9.17, 15) is 9.59 Å². The maximum Gasteiger partial charge on any atom is 0.347 e. The van der Waals surface area contributed by atoms with Crippen molar-refractivity contribution in [1.29, 1.82) is 0 Å². The van der Waals surface area contributed by atoms with Gasteiger partial charge in [-0.1, -0.05) is 30.3 Å². The fourth-order valence-electron chi connectivity index (χ4n) is 4.98. The van der Waals surface area contributed by atoms with E-state index in [-0.39, 0.29) is 28.6 Å². The first kappa shape index (κ1) is 28.4. The lowest BCUT2D eigenvalue weighted by Crippen LogP contribution is -2.09. The Labute approximate surface area is 253 Å². The number of hydrogen-bond acceptors (Lipinski definition) is 9. The Morgan fingerprint density at radius 2 is 1.55 bits per heavy atom. The average molecular weight is 593 g/mol. The summed E-state index contributed by atoms with van der Waals surface area (Å²) in [6.45, 7) is 2.08. The van der Waals surface area contributed by atoms with Crippen molar-refractivity contribution in [3.8, 4) is 34.5 Å². The Morgan fingerprint density at radius 1 is 0.818 bits per heavy atom. The summed E-state index contributed by atoms with van der Waals surface area (Å²) in [7, 11) is 4.55. The van der Waals surface area contributed by atoms with Crippen molar-refractivity contribution in [2.24, 2.45) is 0 Å². The highest BCUT2D eigenvalue weighted by Gasteiger charge is 2.29. The van der Waals surface area contributed by atoms with Gasteiger partial charge in [0.15, 0.2) is 17.3 Å². The molecule has 9 heteroatoms. The minimum absolute atomic E-state index is 0.0775. The minimum Gasteiger partial charge on any atom is -0.496 e. The summed E-state index contributed by atoms with van der Waals surface area (Å²) in [5.74, 6) is 2.02. The van der Waals surface area contributed by atoms with Gasteiger partial charge in [0.2, 0.25) is 5.78 Å². The number of esters is 1. The molecule has 222 valence electrons. The van der Waals surface area contributed by atoms with E-state index in [1.807, 2.05) is 30.3 Å². The van der Waals surface area contributed by atoms with Crippen LogP contribution in [0.15, 0.2) is 89.0 Å². The lowest BCUT2D eigenvalue weighted by atomic mass is 10.1. The summed E-state index contributed by atoms with van der Waals surface area (Å²) >= 11 is 0. The summed E-state index contributed by atoms with van der Waals surface area (Å²) in [5.41, 5.74) is 2.73. The van der Waals surface area contributed by atoms with E-state index in [4.69, 9.17) is 32.8 Å². The zero-order valence-corrected chi connectivity index (χ0v) is 24.5. The molecule has 44 heavy (non-hydrogen) atoms. The third-order valence-electron chi connectivity index (χ3n) is 7.16. The van der Waals surface area contributed by atoms with Gasteiger partial charge in [-0.3, -0.25) is 4.79 Å². The molecule has 0 saturated carbocycles. The molecule has 0 atom stereocenters. The smallest absolute Gasteiger partial charge is 0.347 e. The Balaban J connectivity index is 1.23. The molecule has 0 unspecified atom stereocenters. The van der Waals surface area contributed by atoms with Gasteiger partial charge in [-0.25, -0.2) is 4.79 Å². The molecule has 5 aromatic rings. The van der Waals surface area contributed by atoms with Crippen LogP contribution < -0.4 is 28.4 Å². The molecule has 0 radical (unpaired) electrons. The van der Waals surface area contributed by atoms with Crippen molar-refractivity contribution in [3.63, 3.8) is 0 Å². The molecule has 0 saturated heterocycles. The van der Waals surface area contributed by atoms with Crippen molar-refractivity contribution >= 4 is 28.8 Å². The van der Waals surface area contributed by atoms with Crippen molar-refractivity contribution in [3.05, 3.63) is 113 Å². The molecule has 4 aromatic carbocycles. The molecule has 0 bridgehead atoms. The molecular weight excluding hydrogens is 564 g/mol. The van der Waals surface area contributed by atoms with Crippen LogP contribution >= 0.6 is 0 Å². The van der Waals surface area contributed by atoms with Crippen LogP contribution in [-0.4, -0.2) is 33.1 Å². The van der Waals surface area contributed by atoms with Gasteiger partial charge in [-0.15, -0.1) is 0 Å². The van der Waals surface area contributed by atoms with Gasteiger partial charge in [-0.2, -0.15) is 0 Å². The van der Waals surface area contributed by atoms with Crippen LogP contribution in [0.25, 0.3) is 17.0 Å². The second-order valence-corrected chi connectivity index (χ2v) is 9.90. The third kappa shape index (κ3) is 5.43. The lowest BCUT2D eigenvalue weighted by Gasteiger charge is -2.12. The molecule has 0 fully saturated rings. The Hall–Kier alpha value is -5.70. The number of carbonyl (C=O) groups is 2. The van der Waals surface area contributed by atoms with Gasteiger partial charge in [0.05, 0.1) is 26.9 Å². The number of fused-ring (bicyclic) bond motifs is 2. The molecule has 0 spiro atoms. The quantitative estimate of drug-likeness (QED) is 0.100. The SMILES string of the molecule is COc1cc(OC)c(OC)cc1/C=C1\Oc2cc(OC(=O)c3c(C)oc4ccc(OCc5ccccc5)cc34)ccc2C1=O. The van der Waals surface area contributed by atoms with Crippen LogP contribution in [0.4, 0.5) is 0 Å². The van der Waals surface area contributed by atoms with Crippen LogP contribution in [0.5, 0.6) is 34.5 Å². The molecule has 6 rings (SSSR count). The van der Waals surface area contributed by atoms with Crippen molar-refractivity contribution in [1.82, 2.24) is 0 Å². The van der Waals surface area contributed by atoms with Gasteiger partial charge >= 0.3 is 5.97 Å². The Kier molecular flexibility index (Phi) is 7.68. The molecule has 1 aromatic heterocycles. The van der Waals surface area contributed by atoms with E-state index in [2.05, 4.69) is 0 Å². The van der Waals surface area contributed by atoms with Crippen molar-refractivity contribution in [2.45, 2.75) is 13.5 Å². The maximum atomic E-state index is 13.4. The van der Waals surface area contributed by atoms with E-state index in [0.29, 0.717) is 57.5 Å². The van der Waals surface area contributed by atoms with Gasteiger partial charge in [0, 0.05) is 23.1 Å². The van der Waals surface area contributed by atoms with Gasteiger partial charge in [0.1, 0.15) is 46.5 Å². The third-order valence-corrected chi connectivity index (χ3v) is 7.16. The van der Waals surface area contributed by atoms with E-state index in [0.717, 1.165) is 5.56 Å². The van der Waals surface area contributed by atoms with Crippen molar-refractivity contribution < 1.29 is 42.4 Å². The van der Waals surface area contributed by atoms with Crippen molar-refractivity contribution in [2.75, 3.05) is 21.3 Å². The lowest BCUT2D eigenvalue weighted by molar-refractivity contribution is 0.0734. The highest BCUT2D eigenvalue weighted by molar-refractivity contribution is 6.15. The molecule has 2 heterocycles. The number of aryl methyl sites for hydroxylation is 1. The summed E-state index contributed by atoms with van der Waals surface area (Å²) in [6.07, 6.45) is 1.56. The monoisotopic (exact) mass is 592 g/mol. The van der Waals surface area contributed by atoms with Crippen LogP contribution in [-0.2, 0) is 6.61 Å². The fourth-order valence-corrected chi connectivity index (χ4v) is 4.98. The zero-order valence-electron chi connectivity index (χ0n) is 24.5. The molecule has 9 nitrogen and oxygen atoms in total. The largest absolute Gasteiger partial charge is 0.496 e. The van der Waals surface area contributed by atoms with E-state index >= 15 is 0 Å². The number of carbonyl (C=O) groups excluding carboxylic acids is 2. The first-order chi connectivity index (χ1) is 21.4. The van der Waals surface area contributed by atoms with Crippen LogP contribution in [0.1, 0.15) is 37.6 Å². The summed E-state index contributed by atoms with van der Waals surface area (Å²) in [6, 6.07) is 23.1. The number of ketones is 1. The maximum absolute atomic E-state index is 13.4. The number of rotatable bonds is 9. The van der Waals surface area contributed by atoms with Gasteiger partial charge in [-0.05, 0) is 55.0 Å². The first-order valence-electron chi connectivity index (χ1n) is 13.7. The number of Topliss-reactive ketones (excluding diaryl/α,β-unsaturated/α-hetero) is 1. The number of hydrogen-bond donors (Lipinski definition) is 0. The summed E-state index contributed by atoms with van der Waals surface area (Å²) in [4.78, 5) is 26.5. The number of ether oxygens (including phenoxy) is 6. The molecule has 1 aliphatic rings. The topological polar surface area (TPSA) is 103 Å². The van der Waals surface area contributed by atoms with Crippen LogP contribution in [0, 0.1) is 6.92 Å². The highest BCUT2D eigenvalue weighted by Crippen LogP contribution is 2.39. The van der Waals surface area contributed by atoms with Gasteiger partial charge < -0.3 is 32.8 Å². The fraction of sp³-hybridized carbons (Fsp3) is 0.143. The Bertz CT molecular complexity index is 1920. The molecule has 0 amide bonds. The van der Waals surface area contributed by atoms with E-state index in [1.54, 1.807) is 55.5 Å². The highest BCUT2D eigenvalue weighted by atomic mass is 16.5. The standard InChI is InChI=1S/C35H28O9/c1-20-33(26-16-23(11-13-27(26)42-20)41-19-21-8-6-5-7-9-21)35(37)43-24-10-12-25-29(17-24)44-32(34(25)36)15-22-14-30(39-3)31(40-4)18-28(22)38-2/h5-18H,19H2,1-4H3/b32-15-. The summed E-state index contributed by atoms with van der Waals surface area (Å²) < 4.78 is 39.6. The van der Waals surface area contributed by atoms with E-state index < -0.39 is 5.97 Å². The Morgan fingerprint density at radius 3 is 2.30 bits per heavy atom. The second-order valence-electron chi connectivity index (χ2n) is 9.90. The summed E-state index contributed by atoms with van der Waals surface area (Å²) in [5, 5.41) is 0.569. The average Bonchev–Trinajstić information content (AvgIpc) is 3.54. The number of benzene rings is 4. The number of furan rings is 1. The minimum atomic E-state index is -0.614. The molecular formula is C35H28O9. The predicted octanol–water partition coefficient (Wildman–Crippen LogP) is 7.18. The first-order valence-corrected chi connectivity index (χ1v) is 13.7. The molecule has 0 N–H and O–H groups in total.